The number of ether oxygens (including phenoxy) is 1. The van der Waals surface area contributed by atoms with Gasteiger partial charge in [0.05, 0.1) is 18.8 Å². The monoisotopic (exact) mass is 225 g/mol. The van der Waals surface area contributed by atoms with Crippen LogP contribution >= 0.6 is 0 Å². The molecule has 0 saturated carbocycles. The fourth-order valence-corrected chi connectivity index (χ4v) is 1.17. The molecular formula is C12H19NO3. The maximum Gasteiger partial charge on any atom is 0.119 e. The first-order valence-corrected chi connectivity index (χ1v) is 5.26. The Morgan fingerprint density at radius 3 is 2.69 bits per heavy atom. The molecule has 0 aliphatic carbocycles. The number of rotatable bonds is 6. The molecule has 4 heteroatoms. The van der Waals surface area contributed by atoms with Crippen LogP contribution in [-0.4, -0.2) is 36.0 Å². The predicted molar refractivity (Wildman–Crippen MR) is 62.4 cm³/mol. The molecule has 4 nitrogen and oxygen atoms in total. The number of benzene rings is 1. The standard InChI is InChI=1S/C12H19NO3/c1-12(8-15,13-2)9-16-11-5-3-4-10(6-11)7-14/h3-6,13-15H,7-9H2,1-2H3. The lowest BCUT2D eigenvalue weighted by Crippen LogP contribution is -2.48. The topological polar surface area (TPSA) is 61.7 Å². The van der Waals surface area contributed by atoms with Crippen LogP contribution in [0, 0.1) is 0 Å². The van der Waals surface area contributed by atoms with Gasteiger partial charge >= 0.3 is 0 Å². The van der Waals surface area contributed by atoms with Crippen LogP contribution in [0.2, 0.25) is 0 Å². The molecule has 1 atom stereocenters. The van der Waals surface area contributed by atoms with Crippen molar-refractivity contribution in [2.45, 2.75) is 19.1 Å². The van der Waals surface area contributed by atoms with Crippen molar-refractivity contribution in [2.75, 3.05) is 20.3 Å². The minimum Gasteiger partial charge on any atom is -0.492 e. The van der Waals surface area contributed by atoms with E-state index in [1.807, 2.05) is 25.1 Å². The zero-order valence-corrected chi connectivity index (χ0v) is 9.73. The number of aliphatic hydroxyl groups is 2. The molecule has 0 aliphatic rings. The Bertz CT molecular complexity index is 324. The number of hydrogen-bond acceptors (Lipinski definition) is 4. The van der Waals surface area contributed by atoms with Gasteiger partial charge in [0.25, 0.3) is 0 Å². The molecule has 1 unspecified atom stereocenters. The van der Waals surface area contributed by atoms with Crippen molar-refractivity contribution in [1.29, 1.82) is 0 Å². The quantitative estimate of drug-likeness (QED) is 0.661. The van der Waals surface area contributed by atoms with Gasteiger partial charge in [-0.25, -0.2) is 0 Å². The van der Waals surface area contributed by atoms with E-state index >= 15 is 0 Å². The summed E-state index contributed by atoms with van der Waals surface area (Å²) in [5.74, 6) is 0.696. The molecule has 0 amide bonds. The van der Waals surface area contributed by atoms with Gasteiger partial charge in [-0.05, 0) is 31.7 Å². The largest absolute Gasteiger partial charge is 0.492 e. The molecule has 0 radical (unpaired) electrons. The summed E-state index contributed by atoms with van der Waals surface area (Å²) in [5, 5.41) is 21.2. The number of nitrogens with one attached hydrogen (secondary N) is 1. The van der Waals surface area contributed by atoms with Crippen LogP contribution < -0.4 is 10.1 Å². The van der Waals surface area contributed by atoms with Crippen LogP contribution in [0.5, 0.6) is 5.75 Å². The molecule has 0 fully saturated rings. The van der Waals surface area contributed by atoms with Crippen molar-refractivity contribution in [3.8, 4) is 5.75 Å². The highest BCUT2D eigenvalue weighted by Gasteiger charge is 2.21. The molecule has 0 saturated heterocycles. The van der Waals surface area contributed by atoms with Crippen molar-refractivity contribution in [2.24, 2.45) is 0 Å². The molecule has 16 heavy (non-hydrogen) atoms. The van der Waals surface area contributed by atoms with Gasteiger partial charge in [-0.15, -0.1) is 0 Å². The van der Waals surface area contributed by atoms with Crippen molar-refractivity contribution in [3.63, 3.8) is 0 Å². The molecular weight excluding hydrogens is 206 g/mol. The summed E-state index contributed by atoms with van der Waals surface area (Å²) < 4.78 is 5.56. The second-order valence-electron chi connectivity index (χ2n) is 4.06. The lowest BCUT2D eigenvalue weighted by atomic mass is 10.1. The average molecular weight is 225 g/mol. The number of likely N-dealkylation sites (N-methyl/N-ethyl adjacent to an activating group) is 1. The third-order valence-electron chi connectivity index (χ3n) is 2.59. The van der Waals surface area contributed by atoms with E-state index in [9.17, 15) is 5.11 Å². The van der Waals surface area contributed by atoms with Gasteiger partial charge in [0.15, 0.2) is 0 Å². The van der Waals surface area contributed by atoms with E-state index in [0.29, 0.717) is 12.4 Å². The lowest BCUT2D eigenvalue weighted by molar-refractivity contribution is 0.122. The van der Waals surface area contributed by atoms with E-state index in [2.05, 4.69) is 5.32 Å². The van der Waals surface area contributed by atoms with Crippen molar-refractivity contribution >= 4 is 0 Å². The number of aliphatic hydroxyl groups excluding tert-OH is 2. The molecule has 0 heterocycles. The second kappa shape index (κ2) is 5.84. The SMILES string of the molecule is CNC(C)(CO)COc1cccc(CO)c1. The molecule has 0 spiro atoms. The Labute approximate surface area is 95.9 Å². The molecule has 90 valence electrons. The minimum atomic E-state index is -0.449. The fourth-order valence-electron chi connectivity index (χ4n) is 1.17. The van der Waals surface area contributed by atoms with E-state index in [1.165, 1.54) is 0 Å². The van der Waals surface area contributed by atoms with Crippen LogP contribution in [-0.2, 0) is 6.61 Å². The summed E-state index contributed by atoms with van der Waals surface area (Å²) in [6.45, 7) is 2.25. The van der Waals surface area contributed by atoms with Crippen LogP contribution in [0.1, 0.15) is 12.5 Å². The van der Waals surface area contributed by atoms with Crippen LogP contribution in [0.4, 0.5) is 0 Å². The normalized spacial score (nSPS) is 14.5. The minimum absolute atomic E-state index is 0.000492. The summed E-state index contributed by atoms with van der Waals surface area (Å²) in [4.78, 5) is 0. The van der Waals surface area contributed by atoms with Gasteiger partial charge in [-0.1, -0.05) is 12.1 Å². The Kier molecular flexibility index (Phi) is 4.73. The molecule has 0 aliphatic heterocycles. The Balaban J connectivity index is 2.60. The number of hydrogen-bond donors (Lipinski definition) is 3. The van der Waals surface area contributed by atoms with Crippen LogP contribution in [0.3, 0.4) is 0 Å². The second-order valence-corrected chi connectivity index (χ2v) is 4.06. The molecule has 0 aromatic heterocycles. The fraction of sp³-hybridized carbons (Fsp3) is 0.500. The van der Waals surface area contributed by atoms with Crippen molar-refractivity contribution < 1.29 is 14.9 Å². The van der Waals surface area contributed by atoms with Gasteiger partial charge in [0.2, 0.25) is 0 Å². The van der Waals surface area contributed by atoms with Crippen molar-refractivity contribution in [1.82, 2.24) is 5.32 Å². The van der Waals surface area contributed by atoms with Gasteiger partial charge in [-0.3, -0.25) is 0 Å². The van der Waals surface area contributed by atoms with E-state index in [1.54, 1.807) is 13.1 Å². The maximum atomic E-state index is 9.18. The molecule has 0 bridgehead atoms. The molecule has 3 N–H and O–H groups in total. The highest BCUT2D eigenvalue weighted by molar-refractivity contribution is 5.28. The third-order valence-corrected chi connectivity index (χ3v) is 2.59. The Morgan fingerprint density at radius 1 is 1.38 bits per heavy atom. The first-order chi connectivity index (χ1) is 7.63. The summed E-state index contributed by atoms with van der Waals surface area (Å²) in [6, 6.07) is 7.27. The first kappa shape index (κ1) is 13.0. The van der Waals surface area contributed by atoms with Crippen molar-refractivity contribution in [3.05, 3.63) is 29.8 Å². The van der Waals surface area contributed by atoms with Crippen LogP contribution in [0.25, 0.3) is 0 Å². The Hall–Kier alpha value is -1.10. The highest BCUT2D eigenvalue weighted by Crippen LogP contribution is 2.15. The predicted octanol–water partition coefficient (Wildman–Crippen LogP) is 0.528. The molecule has 1 aromatic rings. The van der Waals surface area contributed by atoms with Crippen LogP contribution in [0.15, 0.2) is 24.3 Å². The third kappa shape index (κ3) is 3.48. The Morgan fingerprint density at radius 2 is 2.12 bits per heavy atom. The van der Waals surface area contributed by atoms with Gasteiger partial charge < -0.3 is 20.3 Å². The van der Waals surface area contributed by atoms with E-state index in [0.717, 1.165) is 5.56 Å². The van der Waals surface area contributed by atoms with E-state index in [4.69, 9.17) is 9.84 Å². The average Bonchev–Trinajstić information content (AvgIpc) is 2.36. The maximum absolute atomic E-state index is 9.18. The zero-order valence-electron chi connectivity index (χ0n) is 9.73. The van der Waals surface area contributed by atoms with Gasteiger partial charge in [-0.2, -0.15) is 0 Å². The smallest absolute Gasteiger partial charge is 0.119 e. The van der Waals surface area contributed by atoms with Gasteiger partial charge in [0, 0.05) is 0 Å². The van der Waals surface area contributed by atoms with Gasteiger partial charge in [0.1, 0.15) is 12.4 Å². The summed E-state index contributed by atoms with van der Waals surface area (Å²) in [7, 11) is 1.78. The summed E-state index contributed by atoms with van der Waals surface area (Å²) >= 11 is 0. The molecule has 1 rings (SSSR count). The molecule has 1 aromatic carbocycles. The first-order valence-electron chi connectivity index (χ1n) is 5.26. The highest BCUT2D eigenvalue weighted by atomic mass is 16.5. The van der Waals surface area contributed by atoms with E-state index in [-0.39, 0.29) is 13.2 Å². The summed E-state index contributed by atoms with van der Waals surface area (Å²) in [6.07, 6.45) is 0. The summed E-state index contributed by atoms with van der Waals surface area (Å²) in [5.41, 5.74) is 0.363. The zero-order chi connectivity index (χ0) is 12.0. The lowest BCUT2D eigenvalue weighted by Gasteiger charge is -2.26. The van der Waals surface area contributed by atoms with E-state index < -0.39 is 5.54 Å².